The topological polar surface area (TPSA) is 24.6 Å². The average Bonchev–Trinajstić information content (AvgIpc) is 3.93. The first-order valence-electron chi connectivity index (χ1n) is 23.2. The van der Waals surface area contributed by atoms with E-state index in [0.29, 0.717) is 0 Å². The van der Waals surface area contributed by atoms with Crippen LogP contribution in [0.1, 0.15) is 28.2 Å². The van der Waals surface area contributed by atoms with Gasteiger partial charge in [-0.05, 0) is 119 Å². The molecule has 5 heteroatoms. The van der Waals surface area contributed by atoms with E-state index in [4.69, 9.17) is 4.42 Å². The molecular weight excluding hydrogens is 814 g/mol. The van der Waals surface area contributed by atoms with E-state index in [1.54, 1.807) is 0 Å². The van der Waals surface area contributed by atoms with Crippen molar-refractivity contribution in [2.45, 2.75) is 12.8 Å². The highest BCUT2D eigenvalue weighted by Crippen LogP contribution is 2.51. The molecule has 0 amide bonds. The van der Waals surface area contributed by atoms with Gasteiger partial charge in [0, 0.05) is 67.2 Å². The van der Waals surface area contributed by atoms with Gasteiger partial charge in [-0.15, -0.1) is 0 Å². The van der Waals surface area contributed by atoms with Crippen LogP contribution in [0.2, 0.25) is 0 Å². The Balaban J connectivity index is 1.16. The molecule has 0 bridgehead atoms. The van der Waals surface area contributed by atoms with Crippen molar-refractivity contribution in [3.05, 3.63) is 253 Å². The molecule has 4 nitrogen and oxygen atoms in total. The Labute approximate surface area is 389 Å². The molecule has 0 unspecified atom stereocenters. The monoisotopic (exact) mass is 855 g/mol. The van der Waals surface area contributed by atoms with E-state index in [0.717, 1.165) is 50.4 Å². The zero-order valence-electron chi connectivity index (χ0n) is 36.8. The molecule has 67 heavy (non-hydrogen) atoms. The Bertz CT molecular complexity index is 3800. The second kappa shape index (κ2) is 14.7. The van der Waals surface area contributed by atoms with Crippen molar-refractivity contribution < 1.29 is 4.42 Å². The van der Waals surface area contributed by atoms with Gasteiger partial charge in [-0.25, -0.2) is 0 Å². The number of rotatable bonds is 7. The molecule has 0 spiro atoms. The van der Waals surface area contributed by atoms with E-state index in [1.165, 1.54) is 71.8 Å². The van der Waals surface area contributed by atoms with Gasteiger partial charge in [-0.1, -0.05) is 157 Å². The molecule has 314 valence electrons. The largest absolute Gasteiger partial charge is 0.456 e. The Morgan fingerprint density at radius 1 is 0.478 bits per heavy atom. The molecule has 0 saturated carbocycles. The molecule has 10 aromatic carbocycles. The second-order valence-corrected chi connectivity index (χ2v) is 18.1. The van der Waals surface area contributed by atoms with Gasteiger partial charge in [0.25, 0.3) is 0 Å². The van der Waals surface area contributed by atoms with Gasteiger partial charge < -0.3 is 18.7 Å². The molecule has 0 N–H and O–H groups in total. The number of nitrogens with zero attached hydrogens (tertiary/aromatic N) is 3. The third-order valence-corrected chi connectivity index (χ3v) is 14.3. The molecule has 14 rings (SSSR count). The smallest absolute Gasteiger partial charge is 0.333 e. The lowest BCUT2D eigenvalue weighted by atomic mass is 9.43. The summed E-state index contributed by atoms with van der Waals surface area (Å²) in [7, 11) is 0. The van der Waals surface area contributed by atoms with E-state index in [2.05, 4.69) is 252 Å². The van der Waals surface area contributed by atoms with Crippen molar-refractivity contribution >= 4 is 90.0 Å². The maximum Gasteiger partial charge on any atom is 0.333 e. The Morgan fingerprint density at radius 2 is 1.09 bits per heavy atom. The molecule has 12 aromatic rings. The molecule has 0 fully saturated rings. The fourth-order valence-electron chi connectivity index (χ4n) is 11.5. The number of para-hydroxylation sites is 4. The first-order chi connectivity index (χ1) is 33.2. The highest BCUT2D eigenvalue weighted by atomic mass is 16.3. The summed E-state index contributed by atoms with van der Waals surface area (Å²) in [5, 5.41) is 4.79. The van der Waals surface area contributed by atoms with Crippen LogP contribution in [0.25, 0.3) is 60.6 Å². The van der Waals surface area contributed by atoms with E-state index >= 15 is 0 Å². The lowest BCUT2D eigenvalue weighted by molar-refractivity contribution is 0.669. The summed E-state index contributed by atoms with van der Waals surface area (Å²) in [5.41, 5.74) is 21.0. The predicted octanol–water partition coefficient (Wildman–Crippen LogP) is 14.9. The minimum Gasteiger partial charge on any atom is -0.456 e. The van der Waals surface area contributed by atoms with Crippen LogP contribution in [-0.4, -0.2) is 11.4 Å². The molecule has 0 saturated heterocycles. The number of hydrogen-bond acceptors (Lipinski definition) is 3. The minimum atomic E-state index is -0.199. The Morgan fingerprint density at radius 3 is 1.78 bits per heavy atom. The number of hydrogen-bond donors (Lipinski definition) is 0. The fraction of sp³-hybridized carbons (Fsp3) is 0.0323. The predicted molar refractivity (Wildman–Crippen MR) is 280 cm³/mol. The van der Waals surface area contributed by atoms with Crippen LogP contribution in [0.3, 0.4) is 0 Å². The van der Waals surface area contributed by atoms with Gasteiger partial charge in [0.1, 0.15) is 11.2 Å². The van der Waals surface area contributed by atoms with Gasteiger partial charge in [-0.2, -0.15) is 0 Å². The van der Waals surface area contributed by atoms with E-state index in [9.17, 15) is 0 Å². The van der Waals surface area contributed by atoms with Crippen molar-refractivity contribution in [3.8, 4) is 16.8 Å². The summed E-state index contributed by atoms with van der Waals surface area (Å²) in [6.45, 7) is 1.97. The summed E-state index contributed by atoms with van der Waals surface area (Å²) in [6.07, 6.45) is 0. The molecule has 0 aliphatic carbocycles. The molecule has 4 heterocycles. The summed E-state index contributed by atoms with van der Waals surface area (Å²) in [5.74, 6) is -0.0309. The van der Waals surface area contributed by atoms with E-state index in [-0.39, 0.29) is 12.8 Å². The van der Waals surface area contributed by atoms with Crippen molar-refractivity contribution in [2.75, 3.05) is 9.71 Å². The Hall–Kier alpha value is -8.54. The number of benzene rings is 10. The maximum atomic E-state index is 6.78. The van der Waals surface area contributed by atoms with Gasteiger partial charge in [0.2, 0.25) is 0 Å². The van der Waals surface area contributed by atoms with Crippen LogP contribution in [0.5, 0.6) is 0 Å². The first-order valence-corrected chi connectivity index (χ1v) is 23.2. The number of aryl methyl sites for hydroxylation is 1. The molecule has 2 aliphatic rings. The highest BCUT2D eigenvalue weighted by molar-refractivity contribution is 6.94. The van der Waals surface area contributed by atoms with Crippen LogP contribution in [0.4, 0.5) is 28.4 Å². The lowest BCUT2D eigenvalue weighted by Crippen LogP contribution is -2.60. The number of fused-ring (bicyclic) bond motifs is 11. The van der Waals surface area contributed by atoms with E-state index in [1.807, 2.05) is 0 Å². The fourth-order valence-corrected chi connectivity index (χ4v) is 11.5. The van der Waals surface area contributed by atoms with Crippen LogP contribution < -0.4 is 20.6 Å². The molecule has 2 aliphatic heterocycles. The lowest BCUT2D eigenvalue weighted by Gasteiger charge is -2.43. The van der Waals surface area contributed by atoms with Gasteiger partial charge in [-0.3, -0.25) is 0 Å². The van der Waals surface area contributed by atoms with Crippen LogP contribution in [-0.2, 0) is 0 Å². The third-order valence-electron chi connectivity index (χ3n) is 14.3. The summed E-state index contributed by atoms with van der Waals surface area (Å²) in [4.78, 5) is 5.00. The van der Waals surface area contributed by atoms with Crippen LogP contribution in [0.15, 0.2) is 235 Å². The zero-order valence-corrected chi connectivity index (χ0v) is 36.8. The van der Waals surface area contributed by atoms with E-state index < -0.39 is 0 Å². The second-order valence-electron chi connectivity index (χ2n) is 18.1. The zero-order chi connectivity index (χ0) is 44.2. The highest BCUT2D eigenvalue weighted by Gasteiger charge is 2.45. The normalized spacial score (nSPS) is 12.6. The van der Waals surface area contributed by atoms with Crippen LogP contribution >= 0.6 is 0 Å². The number of anilines is 5. The van der Waals surface area contributed by atoms with Gasteiger partial charge in [0.15, 0.2) is 0 Å². The number of aromatic nitrogens is 1. The SMILES string of the molecule is Cc1ccc(N2B3c4cc5oc6ccccc6c5cc4-n4c5ccccc5c5c(C(c6ccccc6)c6ccccc6)cc(c3c54)-c3ccc(N(c4ccccc4)c4ccccc4)cc32)cc1. The molecule has 0 atom stereocenters. The third kappa shape index (κ3) is 5.68. The standard InChI is InChI=1S/C62H42BN3O/c1-40-30-32-45(33-31-40)66-55-36-46(64(43-22-10-4-11-23-43)44-24-12-5-13-25-44)34-35-47(55)51-37-52(59(41-18-6-2-7-19-41)42-20-8-3-9-21-42)60-49-27-14-16-28-54(49)65-56-38-50-48-26-15-17-29-57(48)67-58(50)39-53(56)63(66)61(51)62(60)65/h2-39,59H,1H3. The molecule has 2 aromatic heterocycles. The van der Waals surface area contributed by atoms with Crippen LogP contribution in [0, 0.1) is 6.92 Å². The van der Waals surface area contributed by atoms with Crippen molar-refractivity contribution in [1.29, 1.82) is 0 Å². The average molecular weight is 856 g/mol. The molecule has 0 radical (unpaired) electrons. The van der Waals surface area contributed by atoms with Crippen molar-refractivity contribution in [1.82, 2.24) is 4.57 Å². The summed E-state index contributed by atoms with van der Waals surface area (Å²) < 4.78 is 9.37. The Kier molecular flexibility index (Phi) is 8.32. The minimum absolute atomic E-state index is 0.0309. The van der Waals surface area contributed by atoms with Gasteiger partial charge in [0.05, 0.1) is 11.0 Å². The maximum absolute atomic E-state index is 6.78. The summed E-state index contributed by atoms with van der Waals surface area (Å²) in [6, 6.07) is 84.7. The number of furan rings is 1. The quantitative estimate of drug-likeness (QED) is 0.118. The summed E-state index contributed by atoms with van der Waals surface area (Å²) >= 11 is 0. The molecular formula is C62H42BN3O. The van der Waals surface area contributed by atoms with Crippen molar-refractivity contribution in [3.63, 3.8) is 0 Å². The first kappa shape index (κ1) is 37.8. The van der Waals surface area contributed by atoms with Gasteiger partial charge >= 0.3 is 6.85 Å². The van der Waals surface area contributed by atoms with Crippen molar-refractivity contribution in [2.24, 2.45) is 0 Å².